The van der Waals surface area contributed by atoms with Crippen LogP contribution in [-0.2, 0) is 69.5 Å². The van der Waals surface area contributed by atoms with Crippen LogP contribution < -0.4 is 50.4 Å². The van der Waals surface area contributed by atoms with Crippen molar-refractivity contribution in [1.82, 2.24) is 14.7 Å². The molecule has 6 aromatic rings. The van der Waals surface area contributed by atoms with Crippen LogP contribution in [0.25, 0.3) is 0 Å². The van der Waals surface area contributed by atoms with Gasteiger partial charge < -0.3 is 65.1 Å². The molecule has 17 heteroatoms. The molecule has 0 saturated carbocycles. The number of thioether (sulfide) groups is 1. The fraction of sp³-hybridized carbons (Fsp3) is 0.426. The summed E-state index contributed by atoms with van der Waals surface area (Å²) in [6, 6.07) is 38.6. The van der Waals surface area contributed by atoms with Crippen molar-refractivity contribution in [2.45, 2.75) is 105 Å². The maximum atomic E-state index is 12.9. The molecule has 13 rings (SSSR count). The van der Waals surface area contributed by atoms with E-state index in [4.69, 9.17) is 50.4 Å². The molecule has 6 aromatic carbocycles. The van der Waals surface area contributed by atoms with E-state index in [2.05, 4.69) is 48.7 Å². The molecule has 448 valence electrons. The van der Waals surface area contributed by atoms with Crippen LogP contribution in [0.3, 0.4) is 0 Å². The Morgan fingerprint density at radius 3 is 1.29 bits per heavy atom. The first kappa shape index (κ1) is 59.3. The van der Waals surface area contributed by atoms with E-state index in [1.54, 1.807) is 26.0 Å². The van der Waals surface area contributed by atoms with Gasteiger partial charge in [-0.15, -0.1) is 11.8 Å². The van der Waals surface area contributed by atoms with Crippen molar-refractivity contribution in [3.05, 3.63) is 165 Å². The number of piperidine rings is 3. The maximum Gasteiger partial charge on any atom is 0.231 e. The highest BCUT2D eigenvalue weighted by Crippen LogP contribution is 2.49. The number of nitrogens with zero attached hydrogens (tertiary/aromatic N) is 3. The molecular formula is C68H80N6O10S. The van der Waals surface area contributed by atoms with Gasteiger partial charge in [0.15, 0.2) is 23.0 Å². The second-order valence-corrected chi connectivity index (χ2v) is 24.4. The van der Waals surface area contributed by atoms with Gasteiger partial charge in [-0.1, -0.05) is 60.7 Å². The largest absolute Gasteiger partial charge is 0.493 e. The van der Waals surface area contributed by atoms with E-state index >= 15 is 0 Å². The maximum absolute atomic E-state index is 12.9. The van der Waals surface area contributed by atoms with Crippen molar-refractivity contribution in [3.8, 4) is 40.2 Å². The number of amides is 3. The predicted octanol–water partition coefficient (Wildman–Crippen LogP) is 8.78. The number of carbonyl (C=O) groups is 3. The van der Waals surface area contributed by atoms with Gasteiger partial charge in [-0.3, -0.25) is 14.4 Å². The highest BCUT2D eigenvalue weighted by Gasteiger charge is 2.46. The summed E-state index contributed by atoms with van der Waals surface area (Å²) in [5, 5.41) is 0. The van der Waals surface area contributed by atoms with Gasteiger partial charge in [-0.2, -0.15) is 0 Å². The van der Waals surface area contributed by atoms with Gasteiger partial charge in [0.05, 0.1) is 46.9 Å². The van der Waals surface area contributed by atoms with Crippen LogP contribution in [0, 0.1) is 0 Å². The smallest absolute Gasteiger partial charge is 0.231 e. The lowest BCUT2D eigenvalue weighted by molar-refractivity contribution is -0.133. The number of fused-ring (bicyclic) bond motifs is 7. The second kappa shape index (κ2) is 26.0. The minimum atomic E-state index is 0.000622. The summed E-state index contributed by atoms with van der Waals surface area (Å²) < 4.78 is 39.3. The topological polar surface area (TPSA) is 204 Å². The Hall–Kier alpha value is -7.44. The van der Waals surface area contributed by atoms with Crippen molar-refractivity contribution < 1.29 is 47.5 Å². The number of nitrogens with two attached hydrogens (primary N) is 3. The molecule has 0 radical (unpaired) electrons. The summed E-state index contributed by atoms with van der Waals surface area (Å²) in [4.78, 5) is 45.6. The van der Waals surface area contributed by atoms with Crippen LogP contribution in [0.4, 0.5) is 0 Å². The summed E-state index contributed by atoms with van der Waals surface area (Å²) in [5.41, 5.74) is 27.9. The van der Waals surface area contributed by atoms with Gasteiger partial charge >= 0.3 is 0 Å². The second-order valence-electron chi connectivity index (χ2n) is 23.5. The average molecular weight is 1170 g/mol. The lowest BCUT2D eigenvalue weighted by Gasteiger charge is -2.38. The van der Waals surface area contributed by atoms with Crippen molar-refractivity contribution in [1.29, 1.82) is 0 Å². The van der Waals surface area contributed by atoms with Crippen molar-refractivity contribution >= 4 is 29.5 Å². The van der Waals surface area contributed by atoms with Gasteiger partial charge in [-0.25, -0.2) is 0 Å². The Morgan fingerprint density at radius 2 is 0.847 bits per heavy atom. The molecule has 0 atom stereocenters. The highest BCUT2D eigenvalue weighted by molar-refractivity contribution is 7.98. The first-order chi connectivity index (χ1) is 41.4. The van der Waals surface area contributed by atoms with Crippen LogP contribution >= 0.6 is 11.8 Å². The van der Waals surface area contributed by atoms with E-state index in [9.17, 15) is 14.4 Å². The van der Waals surface area contributed by atoms with Crippen molar-refractivity contribution in [2.75, 3.05) is 86.4 Å². The normalized spacial score (nSPS) is 17.7. The molecule has 6 N–H and O–H groups in total. The molecule has 85 heavy (non-hydrogen) atoms. The number of benzene rings is 6. The van der Waals surface area contributed by atoms with Gasteiger partial charge in [0.25, 0.3) is 0 Å². The average Bonchev–Trinajstić information content (AvgIpc) is 2.39. The van der Waals surface area contributed by atoms with E-state index in [-0.39, 0.29) is 40.8 Å². The predicted molar refractivity (Wildman–Crippen MR) is 328 cm³/mol. The molecule has 16 nitrogen and oxygen atoms in total. The fourth-order valence-electron chi connectivity index (χ4n) is 13.2. The molecule has 7 aliphatic rings. The summed E-state index contributed by atoms with van der Waals surface area (Å²) >= 11 is 1.72. The molecule has 3 saturated heterocycles. The standard InChI is InChI=1S/C23H26N2O4.C23H28N2O4.C22H26N2O2S/c24-13-17-2-4-19-18(11-17)23(14-27-19)7-9-25(10-8-23)22(26)6-3-16-1-5-20-21(12-16)29-15-28-20;1-27-20-6-3-16(12-21(20)28-2)13-22(26)25-9-7-23(8-10-25)15-29-19-5-4-17(14-24)11-18(19)23;1-27-18-5-2-16(3-6-18)13-21(25)24-10-8-22(9-11-24)15-26-20-7-4-17(14-23)12-19(20)22/h1-2,4-5,11-12H,3,6-10,13-15,24H2;3-6,11-12H,7-10,13-15,24H2,1-2H3;2-7,12H,8-11,13-15,23H2,1H3. The van der Waals surface area contributed by atoms with Crippen LogP contribution in [0.15, 0.2) is 120 Å². The quantitative estimate of drug-likeness (QED) is 0.0926. The molecule has 7 heterocycles. The van der Waals surface area contributed by atoms with Crippen LogP contribution in [0.5, 0.6) is 40.2 Å². The Labute approximate surface area is 503 Å². The molecule has 0 unspecified atom stereocenters. The number of rotatable bonds is 13. The Bertz CT molecular complexity index is 3370. The van der Waals surface area contributed by atoms with Crippen molar-refractivity contribution in [3.63, 3.8) is 0 Å². The third kappa shape index (κ3) is 12.8. The number of likely N-dealkylation sites (tertiary alicyclic amines) is 3. The number of hydrogen-bond donors (Lipinski definition) is 3. The molecule has 3 spiro atoms. The lowest BCUT2D eigenvalue weighted by atomic mass is 9.74. The first-order valence-electron chi connectivity index (χ1n) is 29.8. The molecule has 0 aromatic heterocycles. The van der Waals surface area contributed by atoms with Crippen LogP contribution in [0.2, 0.25) is 0 Å². The van der Waals surface area contributed by atoms with Crippen LogP contribution in [0.1, 0.15) is 95.0 Å². The molecule has 3 amide bonds. The molecule has 3 fully saturated rings. The Morgan fingerprint density at radius 1 is 0.447 bits per heavy atom. The van der Waals surface area contributed by atoms with E-state index in [0.717, 1.165) is 140 Å². The Balaban J connectivity index is 0.000000133. The van der Waals surface area contributed by atoms with Gasteiger partial charge in [0.2, 0.25) is 24.5 Å². The lowest BCUT2D eigenvalue weighted by Crippen LogP contribution is -2.46. The van der Waals surface area contributed by atoms with Gasteiger partial charge in [-0.05, 0) is 139 Å². The number of ether oxygens (including phenoxy) is 7. The summed E-state index contributed by atoms with van der Waals surface area (Å²) in [6.07, 6.45) is 9.70. The minimum Gasteiger partial charge on any atom is -0.493 e. The SMILES string of the molecule is COc1ccc(CC(=O)N2CCC3(CC2)COc2ccc(CN)cc23)cc1OC.CSc1ccc(CC(=O)N2CCC3(CC2)COc2ccc(CN)cc23)cc1.NCc1ccc2c(c1)C1(CCN(C(=O)CCc3ccc4c(c3)OCO4)CC1)CO2. The first-order valence-corrected chi connectivity index (χ1v) is 31.1. The van der Waals surface area contributed by atoms with E-state index in [1.165, 1.54) is 21.6 Å². The zero-order valence-corrected chi connectivity index (χ0v) is 50.1. The molecule has 7 aliphatic heterocycles. The molecular weight excluding hydrogens is 1090 g/mol. The zero-order valence-electron chi connectivity index (χ0n) is 49.3. The number of hydrogen-bond acceptors (Lipinski definition) is 14. The van der Waals surface area contributed by atoms with Crippen LogP contribution in [-0.4, -0.2) is 119 Å². The third-order valence-corrected chi connectivity index (χ3v) is 19.4. The van der Waals surface area contributed by atoms with Gasteiger partial charge in [0, 0.05) is 103 Å². The van der Waals surface area contributed by atoms with Crippen molar-refractivity contribution in [2.24, 2.45) is 17.2 Å². The number of carbonyl (C=O) groups excluding carboxylic acids is 3. The minimum absolute atomic E-state index is 0.000622. The highest BCUT2D eigenvalue weighted by atomic mass is 32.2. The summed E-state index contributed by atoms with van der Waals surface area (Å²) in [7, 11) is 3.21. The molecule has 0 aliphatic carbocycles. The Kier molecular flexibility index (Phi) is 18.2. The summed E-state index contributed by atoms with van der Waals surface area (Å²) in [6.45, 7) is 8.59. The van der Waals surface area contributed by atoms with E-state index in [1.807, 2.05) is 87.5 Å². The number of aryl methyl sites for hydroxylation is 1. The number of methoxy groups -OCH3 is 2. The zero-order chi connectivity index (χ0) is 59.1. The monoisotopic (exact) mass is 1170 g/mol. The summed E-state index contributed by atoms with van der Waals surface area (Å²) in [5.74, 6) is 6.36. The van der Waals surface area contributed by atoms with E-state index in [0.29, 0.717) is 76.6 Å². The molecule has 0 bridgehead atoms. The third-order valence-electron chi connectivity index (χ3n) is 18.7. The fourth-order valence-corrected chi connectivity index (χ4v) is 13.6. The van der Waals surface area contributed by atoms with Gasteiger partial charge in [0.1, 0.15) is 17.2 Å². The van der Waals surface area contributed by atoms with E-state index < -0.39 is 0 Å².